The van der Waals surface area contributed by atoms with Crippen molar-refractivity contribution in [2.75, 3.05) is 18.8 Å². The average molecular weight is 490 g/mol. The molecule has 1 atom stereocenters. The molecular formula is C24H23FN8O3. The lowest BCUT2D eigenvalue weighted by Crippen LogP contribution is -2.39. The topological polar surface area (TPSA) is 149 Å². The van der Waals surface area contributed by atoms with Crippen molar-refractivity contribution in [1.82, 2.24) is 34.8 Å². The Morgan fingerprint density at radius 3 is 2.75 bits per heavy atom. The molecule has 1 aromatic carbocycles. The van der Waals surface area contributed by atoms with Crippen LogP contribution in [0.5, 0.6) is 0 Å². The minimum Gasteiger partial charge on any atom is -0.371 e. The molecule has 0 aliphatic carbocycles. The molecule has 184 valence electrons. The predicted octanol–water partition coefficient (Wildman–Crippen LogP) is 1.92. The van der Waals surface area contributed by atoms with Crippen LogP contribution in [0.4, 0.5) is 10.3 Å². The number of aliphatic hydroxyl groups is 1. The molecule has 12 heteroatoms. The molecular weight excluding hydrogens is 467 g/mol. The van der Waals surface area contributed by atoms with Crippen LogP contribution in [0.15, 0.2) is 35.0 Å². The Morgan fingerprint density at radius 2 is 2.06 bits per heavy atom. The second-order valence-electron chi connectivity index (χ2n) is 8.69. The van der Waals surface area contributed by atoms with Gasteiger partial charge in [0, 0.05) is 43.2 Å². The maximum absolute atomic E-state index is 13.6. The maximum atomic E-state index is 13.6. The first-order valence-electron chi connectivity index (χ1n) is 11.3. The molecule has 3 aromatic heterocycles. The Labute approximate surface area is 205 Å². The first-order valence-corrected chi connectivity index (χ1v) is 11.3. The van der Waals surface area contributed by atoms with Crippen molar-refractivity contribution in [3.63, 3.8) is 0 Å². The van der Waals surface area contributed by atoms with E-state index in [9.17, 15) is 14.3 Å². The normalized spacial score (nSPS) is 15.9. The molecule has 3 N–H and O–H groups in total. The van der Waals surface area contributed by atoms with E-state index in [0.717, 1.165) is 0 Å². The SMILES string of the molecule is Cc1nc([C@](C)(O)C#Cc2ccc3c(C(=O)N4CCC(F)CC4)nn(-c4ccnc(N)n4)c3c2)no1. The molecule has 0 unspecified atom stereocenters. The monoisotopic (exact) mass is 490 g/mol. The highest BCUT2D eigenvalue weighted by Crippen LogP contribution is 2.26. The molecule has 5 rings (SSSR count). The quantitative estimate of drug-likeness (QED) is 0.411. The molecule has 1 fully saturated rings. The van der Waals surface area contributed by atoms with Crippen molar-refractivity contribution >= 4 is 22.8 Å². The van der Waals surface area contributed by atoms with Crippen molar-refractivity contribution in [2.45, 2.75) is 38.5 Å². The summed E-state index contributed by atoms with van der Waals surface area (Å²) in [5.74, 6) is 6.18. The van der Waals surface area contributed by atoms with E-state index >= 15 is 0 Å². The van der Waals surface area contributed by atoms with Crippen molar-refractivity contribution < 1.29 is 18.8 Å². The summed E-state index contributed by atoms with van der Waals surface area (Å²) in [6.07, 6.45) is 1.19. The van der Waals surface area contributed by atoms with E-state index in [-0.39, 0.29) is 23.4 Å². The summed E-state index contributed by atoms with van der Waals surface area (Å²) in [5, 5.41) is 19.6. The molecule has 1 amide bonds. The van der Waals surface area contributed by atoms with E-state index in [1.807, 2.05) is 0 Å². The molecule has 0 spiro atoms. The molecule has 36 heavy (non-hydrogen) atoms. The van der Waals surface area contributed by atoms with Crippen molar-refractivity contribution in [1.29, 1.82) is 0 Å². The zero-order valence-electron chi connectivity index (χ0n) is 19.6. The summed E-state index contributed by atoms with van der Waals surface area (Å²) in [6, 6.07) is 6.80. The van der Waals surface area contributed by atoms with Crippen LogP contribution in [0.2, 0.25) is 0 Å². The van der Waals surface area contributed by atoms with E-state index in [1.54, 1.807) is 36.1 Å². The zero-order chi connectivity index (χ0) is 25.4. The Bertz CT molecular complexity index is 1510. The van der Waals surface area contributed by atoms with E-state index < -0.39 is 11.8 Å². The smallest absolute Gasteiger partial charge is 0.275 e. The highest BCUT2D eigenvalue weighted by Gasteiger charge is 2.28. The third-order valence-corrected chi connectivity index (χ3v) is 5.89. The summed E-state index contributed by atoms with van der Waals surface area (Å²) in [6.45, 7) is 3.73. The minimum absolute atomic E-state index is 0.0523. The third kappa shape index (κ3) is 4.48. The van der Waals surface area contributed by atoms with E-state index in [1.165, 1.54) is 17.8 Å². The number of carbonyl (C=O) groups is 1. The lowest BCUT2D eigenvalue weighted by atomic mass is 10.1. The number of hydrogen-bond acceptors (Lipinski definition) is 9. The van der Waals surface area contributed by atoms with E-state index in [0.29, 0.717) is 54.1 Å². The van der Waals surface area contributed by atoms with Gasteiger partial charge in [-0.3, -0.25) is 4.79 Å². The number of piperidine rings is 1. The van der Waals surface area contributed by atoms with Crippen LogP contribution in [0.25, 0.3) is 16.7 Å². The molecule has 0 saturated carbocycles. The number of nitrogens with zero attached hydrogens (tertiary/aromatic N) is 7. The average Bonchev–Trinajstić information content (AvgIpc) is 3.47. The van der Waals surface area contributed by atoms with Gasteiger partial charge in [0.05, 0.1) is 5.52 Å². The maximum Gasteiger partial charge on any atom is 0.275 e. The summed E-state index contributed by atoms with van der Waals surface area (Å²) >= 11 is 0. The van der Waals surface area contributed by atoms with Gasteiger partial charge in [0.2, 0.25) is 17.7 Å². The molecule has 1 aliphatic heterocycles. The number of likely N-dealkylation sites (tertiary alicyclic amines) is 1. The van der Waals surface area contributed by atoms with Gasteiger partial charge >= 0.3 is 0 Å². The summed E-state index contributed by atoms with van der Waals surface area (Å²) in [4.78, 5) is 27.1. The third-order valence-electron chi connectivity index (χ3n) is 5.89. The standard InChI is InChI=1S/C24H23FN8O3/c1-14-28-22(31-36-14)24(2,35)9-5-15-3-4-17-18(13-15)33(19-6-10-27-23(26)29-19)30-20(17)21(34)32-11-7-16(25)8-12-32/h3-4,6,10,13,16,35H,7-8,11-12H2,1-2H3,(H2,26,27,29)/t24-/m1/s1. The minimum atomic E-state index is -1.64. The first kappa shape index (κ1) is 23.4. The predicted molar refractivity (Wildman–Crippen MR) is 127 cm³/mol. The van der Waals surface area contributed by atoms with Crippen LogP contribution in [0, 0.1) is 18.8 Å². The van der Waals surface area contributed by atoms with Gasteiger partial charge in [-0.05, 0) is 38.0 Å². The van der Waals surface area contributed by atoms with Crippen LogP contribution in [0.3, 0.4) is 0 Å². The van der Waals surface area contributed by atoms with Gasteiger partial charge in [0.25, 0.3) is 5.91 Å². The van der Waals surface area contributed by atoms with Crippen molar-refractivity contribution in [3.05, 3.63) is 53.4 Å². The van der Waals surface area contributed by atoms with Gasteiger partial charge in [-0.2, -0.15) is 15.1 Å². The fraction of sp³-hybridized carbons (Fsp3) is 0.333. The molecule has 4 aromatic rings. The lowest BCUT2D eigenvalue weighted by Gasteiger charge is -2.28. The van der Waals surface area contributed by atoms with Gasteiger partial charge in [-0.15, -0.1) is 0 Å². The van der Waals surface area contributed by atoms with Gasteiger partial charge in [-0.1, -0.05) is 17.0 Å². The number of fused-ring (bicyclic) bond motifs is 1. The lowest BCUT2D eigenvalue weighted by molar-refractivity contribution is 0.0662. The van der Waals surface area contributed by atoms with Crippen LogP contribution in [-0.4, -0.2) is 65.1 Å². The number of hydrogen-bond donors (Lipinski definition) is 2. The zero-order valence-corrected chi connectivity index (χ0v) is 19.6. The molecule has 0 bridgehead atoms. The number of anilines is 1. The Kier molecular flexibility index (Phi) is 5.85. The number of rotatable bonds is 3. The number of halogens is 1. The van der Waals surface area contributed by atoms with Crippen LogP contribution in [-0.2, 0) is 5.60 Å². The Balaban J connectivity index is 1.58. The number of aryl methyl sites for hydroxylation is 1. The number of aromatic nitrogens is 6. The number of amides is 1. The van der Waals surface area contributed by atoms with E-state index in [2.05, 4.69) is 37.0 Å². The van der Waals surface area contributed by atoms with Gasteiger partial charge in [-0.25, -0.2) is 14.1 Å². The molecule has 4 heterocycles. The van der Waals surface area contributed by atoms with Crippen LogP contribution < -0.4 is 5.73 Å². The molecule has 0 radical (unpaired) electrons. The van der Waals surface area contributed by atoms with Crippen molar-refractivity contribution in [2.24, 2.45) is 0 Å². The van der Waals surface area contributed by atoms with Gasteiger partial charge in [0.15, 0.2) is 17.1 Å². The molecule has 1 aliphatic rings. The second kappa shape index (κ2) is 9.01. The fourth-order valence-electron chi connectivity index (χ4n) is 3.95. The largest absolute Gasteiger partial charge is 0.371 e. The first-order chi connectivity index (χ1) is 17.2. The van der Waals surface area contributed by atoms with Gasteiger partial charge in [0.1, 0.15) is 6.17 Å². The number of nitrogens with two attached hydrogens (primary N) is 1. The summed E-state index contributed by atoms with van der Waals surface area (Å²) < 4.78 is 20.1. The Morgan fingerprint density at radius 1 is 1.28 bits per heavy atom. The van der Waals surface area contributed by atoms with E-state index in [4.69, 9.17) is 10.3 Å². The van der Waals surface area contributed by atoms with Gasteiger partial charge < -0.3 is 20.3 Å². The van der Waals surface area contributed by atoms with Crippen LogP contribution in [0.1, 0.15) is 47.5 Å². The number of benzene rings is 1. The molecule has 11 nitrogen and oxygen atoms in total. The number of nitrogen functional groups attached to an aromatic ring is 1. The second-order valence-corrected chi connectivity index (χ2v) is 8.69. The highest BCUT2D eigenvalue weighted by atomic mass is 19.1. The molecule has 1 saturated heterocycles. The fourth-order valence-corrected chi connectivity index (χ4v) is 3.95. The summed E-state index contributed by atoms with van der Waals surface area (Å²) in [5.41, 5.74) is 5.45. The Hall–Kier alpha value is -4.37. The highest BCUT2D eigenvalue weighted by molar-refractivity contribution is 6.05. The number of carbonyl (C=O) groups excluding carboxylic acids is 1. The van der Waals surface area contributed by atoms with Crippen molar-refractivity contribution in [3.8, 4) is 17.7 Å². The number of alkyl halides is 1. The van der Waals surface area contributed by atoms with Crippen LogP contribution >= 0.6 is 0 Å². The summed E-state index contributed by atoms with van der Waals surface area (Å²) in [7, 11) is 0.